The standard InChI is InChI=1S/C21H17Cl2NO3S/c22-12-8-13(23)10-14(9-12)28-21(4-5-21)18(25)15-2-1-3-16-17(15)19(26)27-20(16)6-7-24-11-20/h1-3,8-10,24H,4-7,11H2. The number of benzene rings is 2. The van der Waals surface area contributed by atoms with E-state index in [9.17, 15) is 9.59 Å². The van der Waals surface area contributed by atoms with Crippen molar-refractivity contribution in [2.24, 2.45) is 0 Å². The molecule has 2 heterocycles. The number of carbonyl (C=O) groups excluding carboxylic acids is 2. The minimum Gasteiger partial charge on any atom is -0.449 e. The molecule has 1 saturated carbocycles. The normalized spacial score (nSPS) is 24.3. The van der Waals surface area contributed by atoms with Crippen LogP contribution in [0.5, 0.6) is 0 Å². The summed E-state index contributed by atoms with van der Waals surface area (Å²) < 4.78 is 5.18. The fourth-order valence-electron chi connectivity index (χ4n) is 4.16. The van der Waals surface area contributed by atoms with E-state index < -0.39 is 16.3 Å². The van der Waals surface area contributed by atoms with Gasteiger partial charge in [-0.25, -0.2) is 4.79 Å². The molecule has 0 bridgehead atoms. The van der Waals surface area contributed by atoms with Gasteiger partial charge in [0, 0.05) is 39.0 Å². The zero-order valence-electron chi connectivity index (χ0n) is 14.9. The summed E-state index contributed by atoms with van der Waals surface area (Å²) in [6.45, 7) is 1.38. The van der Waals surface area contributed by atoms with Gasteiger partial charge < -0.3 is 10.1 Å². The Kier molecular flexibility index (Phi) is 4.29. The zero-order chi connectivity index (χ0) is 19.5. The van der Waals surface area contributed by atoms with Crippen LogP contribution < -0.4 is 5.32 Å². The van der Waals surface area contributed by atoms with Gasteiger partial charge in [0.15, 0.2) is 11.4 Å². The van der Waals surface area contributed by atoms with Crippen molar-refractivity contribution in [2.45, 2.75) is 34.5 Å². The van der Waals surface area contributed by atoms with Crippen molar-refractivity contribution in [3.63, 3.8) is 0 Å². The first-order chi connectivity index (χ1) is 13.4. The third-order valence-corrected chi connectivity index (χ3v) is 7.57. The van der Waals surface area contributed by atoms with Crippen LogP contribution in [-0.2, 0) is 10.3 Å². The third kappa shape index (κ3) is 2.88. The molecule has 3 aliphatic rings. The minimum atomic E-state index is -0.632. The first-order valence-electron chi connectivity index (χ1n) is 9.20. The highest BCUT2D eigenvalue weighted by Crippen LogP contribution is 2.55. The van der Waals surface area contributed by atoms with Gasteiger partial charge in [-0.15, -0.1) is 11.8 Å². The van der Waals surface area contributed by atoms with Crippen LogP contribution in [-0.4, -0.2) is 29.6 Å². The van der Waals surface area contributed by atoms with Crippen LogP contribution >= 0.6 is 35.0 Å². The molecule has 1 saturated heterocycles. The van der Waals surface area contributed by atoms with Crippen molar-refractivity contribution >= 4 is 46.7 Å². The van der Waals surface area contributed by atoms with E-state index in [2.05, 4.69) is 5.32 Å². The second kappa shape index (κ2) is 6.49. The van der Waals surface area contributed by atoms with Crippen LogP contribution in [0.2, 0.25) is 10.0 Å². The summed E-state index contributed by atoms with van der Waals surface area (Å²) in [5.74, 6) is -0.417. The molecule has 7 heteroatoms. The molecular weight excluding hydrogens is 417 g/mol. The topological polar surface area (TPSA) is 55.4 Å². The molecule has 2 aromatic carbocycles. The molecule has 144 valence electrons. The lowest BCUT2D eigenvalue weighted by molar-refractivity contribution is 0.00158. The quantitative estimate of drug-likeness (QED) is 0.550. The maximum Gasteiger partial charge on any atom is 0.340 e. The Labute approximate surface area is 176 Å². The van der Waals surface area contributed by atoms with Crippen molar-refractivity contribution in [3.05, 3.63) is 63.1 Å². The second-order valence-corrected chi connectivity index (χ2v) is 9.90. The van der Waals surface area contributed by atoms with E-state index in [1.165, 1.54) is 11.8 Å². The van der Waals surface area contributed by atoms with Crippen LogP contribution in [0.4, 0.5) is 0 Å². The molecule has 2 aromatic rings. The molecule has 0 radical (unpaired) electrons. The Bertz CT molecular complexity index is 992. The van der Waals surface area contributed by atoms with Gasteiger partial charge >= 0.3 is 5.97 Å². The van der Waals surface area contributed by atoms with Crippen molar-refractivity contribution in [1.82, 2.24) is 5.32 Å². The summed E-state index contributed by atoms with van der Waals surface area (Å²) in [5, 5.41) is 4.34. The average molecular weight is 434 g/mol. The third-order valence-electron chi connectivity index (χ3n) is 5.68. The Hall–Kier alpha value is -1.53. The van der Waals surface area contributed by atoms with Gasteiger partial charge in [-0.3, -0.25) is 4.79 Å². The molecule has 1 unspecified atom stereocenters. The number of fused-ring (bicyclic) bond motifs is 2. The van der Waals surface area contributed by atoms with Crippen LogP contribution in [0.3, 0.4) is 0 Å². The molecule has 1 atom stereocenters. The summed E-state index contributed by atoms with van der Waals surface area (Å²) in [6, 6.07) is 10.8. The highest BCUT2D eigenvalue weighted by atomic mass is 35.5. The molecule has 2 fully saturated rings. The lowest BCUT2D eigenvalue weighted by Gasteiger charge is -2.22. The van der Waals surface area contributed by atoms with E-state index in [0.717, 1.165) is 36.3 Å². The first-order valence-corrected chi connectivity index (χ1v) is 10.8. The van der Waals surface area contributed by atoms with Crippen molar-refractivity contribution < 1.29 is 14.3 Å². The average Bonchev–Trinajstić information content (AvgIpc) is 3.17. The van der Waals surface area contributed by atoms with E-state index in [1.54, 1.807) is 12.1 Å². The number of hydrogen-bond acceptors (Lipinski definition) is 5. The number of halogens is 2. The zero-order valence-corrected chi connectivity index (χ0v) is 17.2. The summed E-state index contributed by atoms with van der Waals surface area (Å²) in [7, 11) is 0. The molecule has 0 aromatic heterocycles. The predicted octanol–water partition coefficient (Wildman–Crippen LogP) is 4.86. The first kappa shape index (κ1) is 18.5. The van der Waals surface area contributed by atoms with Gasteiger partial charge in [0.2, 0.25) is 0 Å². The molecule has 0 amide bonds. The maximum absolute atomic E-state index is 13.5. The molecule has 28 heavy (non-hydrogen) atoms. The lowest BCUT2D eigenvalue weighted by atomic mass is 9.88. The number of ketones is 1. The SMILES string of the molecule is O=C1OC2(CCNC2)c2cccc(C(=O)C3(Sc4cc(Cl)cc(Cl)c4)CC3)c21. The fourth-order valence-corrected chi connectivity index (χ4v) is 6.15. The Morgan fingerprint density at radius 1 is 1.11 bits per heavy atom. The van der Waals surface area contributed by atoms with Crippen molar-refractivity contribution in [2.75, 3.05) is 13.1 Å². The highest BCUT2D eigenvalue weighted by molar-refractivity contribution is 8.01. The largest absolute Gasteiger partial charge is 0.449 e. The summed E-state index contributed by atoms with van der Waals surface area (Å²) in [4.78, 5) is 27.1. The van der Waals surface area contributed by atoms with E-state index in [1.807, 2.05) is 24.3 Å². The summed E-state index contributed by atoms with van der Waals surface area (Å²) in [5.41, 5.74) is 1.10. The number of rotatable bonds is 4. The van der Waals surface area contributed by atoms with Crippen LogP contribution in [0.25, 0.3) is 0 Å². The number of ether oxygens (including phenoxy) is 1. The Morgan fingerprint density at radius 2 is 1.86 bits per heavy atom. The highest BCUT2D eigenvalue weighted by Gasteiger charge is 2.54. The van der Waals surface area contributed by atoms with Gasteiger partial charge in [0.1, 0.15) is 0 Å². The summed E-state index contributed by atoms with van der Waals surface area (Å²) >= 11 is 13.7. The van der Waals surface area contributed by atoms with E-state index >= 15 is 0 Å². The second-order valence-electron chi connectivity index (χ2n) is 7.57. The van der Waals surface area contributed by atoms with Crippen molar-refractivity contribution in [3.8, 4) is 0 Å². The molecule has 2 aliphatic heterocycles. The van der Waals surface area contributed by atoms with Gasteiger partial charge in [-0.1, -0.05) is 41.4 Å². The monoisotopic (exact) mass is 433 g/mol. The summed E-state index contributed by atoms with van der Waals surface area (Å²) in [6.07, 6.45) is 2.24. The molecule has 4 nitrogen and oxygen atoms in total. The van der Waals surface area contributed by atoms with Gasteiger partial charge in [0.05, 0.1) is 10.3 Å². The Balaban J connectivity index is 1.51. The predicted molar refractivity (Wildman–Crippen MR) is 110 cm³/mol. The number of esters is 1. The lowest BCUT2D eigenvalue weighted by Crippen LogP contribution is -2.28. The Morgan fingerprint density at radius 3 is 2.50 bits per heavy atom. The molecule has 1 aliphatic carbocycles. The molecule has 5 rings (SSSR count). The van der Waals surface area contributed by atoms with Crippen LogP contribution in [0, 0.1) is 0 Å². The molecular formula is C21H17Cl2NO3S. The van der Waals surface area contributed by atoms with Crippen LogP contribution in [0.1, 0.15) is 45.5 Å². The number of hydrogen-bond donors (Lipinski definition) is 1. The van der Waals surface area contributed by atoms with Crippen LogP contribution in [0.15, 0.2) is 41.3 Å². The minimum absolute atomic E-state index is 0.0228. The van der Waals surface area contributed by atoms with Crippen molar-refractivity contribution in [1.29, 1.82) is 0 Å². The van der Waals surface area contributed by atoms with Gasteiger partial charge in [-0.2, -0.15) is 0 Å². The molecule has 1 spiro atoms. The smallest absolute Gasteiger partial charge is 0.340 e. The van der Waals surface area contributed by atoms with Gasteiger partial charge in [-0.05, 0) is 37.6 Å². The maximum atomic E-state index is 13.5. The number of thioether (sulfide) groups is 1. The van der Waals surface area contributed by atoms with E-state index in [0.29, 0.717) is 27.7 Å². The number of carbonyl (C=O) groups is 2. The number of nitrogens with one attached hydrogen (secondary N) is 1. The number of Topliss-reactive ketones (excluding diaryl/α,β-unsaturated/α-hetero) is 1. The van der Waals surface area contributed by atoms with E-state index in [4.69, 9.17) is 27.9 Å². The van der Waals surface area contributed by atoms with E-state index in [-0.39, 0.29) is 5.78 Å². The fraction of sp³-hybridized carbons (Fsp3) is 0.333. The van der Waals surface area contributed by atoms with Gasteiger partial charge in [0.25, 0.3) is 0 Å². The molecule has 1 N–H and O–H groups in total.